The second kappa shape index (κ2) is 5.81. The molecule has 0 bridgehead atoms. The predicted molar refractivity (Wildman–Crippen MR) is 81.1 cm³/mol. The maximum Gasteiger partial charge on any atom is 0.341 e. The van der Waals surface area contributed by atoms with Crippen molar-refractivity contribution in [3.63, 3.8) is 0 Å². The summed E-state index contributed by atoms with van der Waals surface area (Å²) in [6.07, 6.45) is -1.34. The van der Waals surface area contributed by atoms with Gasteiger partial charge in [0.15, 0.2) is 17.6 Å². The molecule has 2 aromatic carbocycles. The molecule has 6 nitrogen and oxygen atoms in total. The first-order valence-electron chi connectivity index (χ1n) is 6.99. The molecule has 0 spiro atoms. The summed E-state index contributed by atoms with van der Waals surface area (Å²) < 4.78 is 15.4. The lowest BCUT2D eigenvalue weighted by atomic mass is 9.84. The summed E-state index contributed by atoms with van der Waals surface area (Å²) in [5.41, 5.74) is 1.29. The highest BCUT2D eigenvalue weighted by Crippen LogP contribution is 2.42. The lowest BCUT2D eigenvalue weighted by Crippen LogP contribution is -2.36. The number of carbonyl (C=O) groups is 1. The van der Waals surface area contributed by atoms with Gasteiger partial charge < -0.3 is 24.4 Å². The molecule has 120 valence electrons. The smallest absolute Gasteiger partial charge is 0.341 e. The maximum atomic E-state index is 12.0. The number of carbonyl (C=O) groups excluding carboxylic acids is 1. The van der Waals surface area contributed by atoms with Crippen molar-refractivity contribution >= 4 is 5.97 Å². The third-order valence-electron chi connectivity index (χ3n) is 3.89. The van der Waals surface area contributed by atoms with Crippen LogP contribution in [0.25, 0.3) is 0 Å². The minimum atomic E-state index is -1.34. The van der Waals surface area contributed by atoms with Crippen molar-refractivity contribution in [2.45, 2.75) is 12.0 Å². The van der Waals surface area contributed by atoms with Gasteiger partial charge in [-0.05, 0) is 23.8 Å². The Morgan fingerprint density at radius 2 is 1.87 bits per heavy atom. The summed E-state index contributed by atoms with van der Waals surface area (Å²) in [5.74, 6) is -0.205. The summed E-state index contributed by atoms with van der Waals surface area (Å²) in [4.78, 5) is 12.0. The number of hydrogen-bond donors (Lipinski definition) is 2. The van der Waals surface area contributed by atoms with Crippen LogP contribution in [-0.4, -0.2) is 36.5 Å². The van der Waals surface area contributed by atoms with Gasteiger partial charge in [-0.25, -0.2) is 4.79 Å². The van der Waals surface area contributed by atoms with Crippen molar-refractivity contribution in [2.24, 2.45) is 0 Å². The summed E-state index contributed by atoms with van der Waals surface area (Å²) >= 11 is 0. The van der Waals surface area contributed by atoms with E-state index in [0.29, 0.717) is 22.6 Å². The Hall–Kier alpha value is -2.73. The van der Waals surface area contributed by atoms with Crippen LogP contribution in [0, 0.1) is 0 Å². The van der Waals surface area contributed by atoms with Gasteiger partial charge in [-0.1, -0.05) is 12.1 Å². The first kappa shape index (κ1) is 15.2. The van der Waals surface area contributed by atoms with E-state index in [1.165, 1.54) is 20.3 Å². The van der Waals surface area contributed by atoms with Crippen LogP contribution in [0.2, 0.25) is 0 Å². The lowest BCUT2D eigenvalue weighted by molar-refractivity contribution is -0.146. The largest absolute Gasteiger partial charge is 0.504 e. The molecule has 2 N–H and O–H groups in total. The molecule has 2 atom stereocenters. The molecular formula is C17H16O6. The van der Waals surface area contributed by atoms with Gasteiger partial charge in [0.25, 0.3) is 0 Å². The Morgan fingerprint density at radius 1 is 1.09 bits per heavy atom. The molecule has 1 heterocycles. The van der Waals surface area contributed by atoms with Gasteiger partial charge in [0.05, 0.1) is 14.2 Å². The molecular weight excluding hydrogens is 300 g/mol. The number of fused-ring (bicyclic) bond motifs is 1. The van der Waals surface area contributed by atoms with E-state index in [9.17, 15) is 15.0 Å². The molecule has 2 unspecified atom stereocenters. The van der Waals surface area contributed by atoms with Crippen molar-refractivity contribution in [3.8, 4) is 23.0 Å². The molecule has 1 aliphatic rings. The van der Waals surface area contributed by atoms with Crippen molar-refractivity contribution in [1.82, 2.24) is 0 Å². The van der Waals surface area contributed by atoms with Crippen LogP contribution >= 0.6 is 0 Å². The standard InChI is InChI=1S/C17H16O6/c1-21-10-4-5-11-13(8-10)23-17(20)16(19)15(11)9-3-6-12(18)14(7-9)22-2/h3-8,15-16,18-19H,1-2H3. The lowest BCUT2D eigenvalue weighted by Gasteiger charge is -2.29. The molecule has 0 aliphatic carbocycles. The molecule has 3 rings (SSSR count). The fourth-order valence-electron chi connectivity index (χ4n) is 2.71. The van der Waals surface area contributed by atoms with Crippen LogP contribution in [-0.2, 0) is 4.79 Å². The fraction of sp³-hybridized carbons (Fsp3) is 0.235. The molecule has 6 heteroatoms. The molecule has 0 fully saturated rings. The second-order valence-corrected chi connectivity index (χ2v) is 5.18. The quantitative estimate of drug-likeness (QED) is 0.664. The van der Waals surface area contributed by atoms with E-state index in [-0.39, 0.29) is 11.5 Å². The van der Waals surface area contributed by atoms with Crippen molar-refractivity contribution in [1.29, 1.82) is 0 Å². The van der Waals surface area contributed by atoms with E-state index in [4.69, 9.17) is 14.2 Å². The highest BCUT2D eigenvalue weighted by Gasteiger charge is 2.38. The topological polar surface area (TPSA) is 85.2 Å². The van der Waals surface area contributed by atoms with Gasteiger partial charge in [-0.2, -0.15) is 0 Å². The first-order chi connectivity index (χ1) is 11.0. The van der Waals surface area contributed by atoms with Gasteiger partial charge in [0.1, 0.15) is 11.5 Å². The van der Waals surface area contributed by atoms with Gasteiger partial charge >= 0.3 is 5.97 Å². The van der Waals surface area contributed by atoms with Crippen LogP contribution < -0.4 is 14.2 Å². The number of phenolic OH excluding ortho intramolecular Hbond substituents is 1. The van der Waals surface area contributed by atoms with Crippen molar-refractivity contribution in [2.75, 3.05) is 14.2 Å². The number of phenols is 1. The molecule has 2 aromatic rings. The number of aliphatic hydroxyl groups excluding tert-OH is 1. The SMILES string of the molecule is COc1ccc2c(c1)OC(=O)C(O)C2c1ccc(O)c(OC)c1. The molecule has 23 heavy (non-hydrogen) atoms. The van der Waals surface area contributed by atoms with E-state index < -0.39 is 18.0 Å². The first-order valence-corrected chi connectivity index (χ1v) is 6.99. The number of aliphatic hydroxyl groups is 1. The van der Waals surface area contributed by atoms with E-state index >= 15 is 0 Å². The third kappa shape index (κ3) is 2.57. The van der Waals surface area contributed by atoms with Crippen LogP contribution in [0.5, 0.6) is 23.0 Å². The molecule has 1 aliphatic heterocycles. The number of aromatic hydroxyl groups is 1. The average molecular weight is 316 g/mol. The van der Waals surface area contributed by atoms with Gasteiger partial charge in [-0.15, -0.1) is 0 Å². The molecule has 0 radical (unpaired) electrons. The Morgan fingerprint density at radius 3 is 2.57 bits per heavy atom. The highest BCUT2D eigenvalue weighted by atomic mass is 16.6. The molecule has 0 amide bonds. The van der Waals surface area contributed by atoms with E-state index in [2.05, 4.69) is 0 Å². The van der Waals surface area contributed by atoms with Gasteiger partial charge in [-0.3, -0.25) is 0 Å². The summed E-state index contributed by atoms with van der Waals surface area (Å²) in [6, 6.07) is 9.77. The van der Waals surface area contributed by atoms with Crippen LogP contribution in [0.3, 0.4) is 0 Å². The zero-order valence-corrected chi connectivity index (χ0v) is 12.6. The van der Waals surface area contributed by atoms with Crippen LogP contribution in [0.1, 0.15) is 17.0 Å². The molecule has 0 saturated carbocycles. The number of rotatable bonds is 3. The third-order valence-corrected chi connectivity index (χ3v) is 3.89. The number of methoxy groups -OCH3 is 2. The fourth-order valence-corrected chi connectivity index (χ4v) is 2.71. The zero-order valence-electron chi connectivity index (χ0n) is 12.6. The number of ether oxygens (including phenoxy) is 3. The monoisotopic (exact) mass is 316 g/mol. The molecule has 0 aromatic heterocycles. The minimum absolute atomic E-state index is 0.0147. The number of esters is 1. The average Bonchev–Trinajstić information content (AvgIpc) is 2.56. The van der Waals surface area contributed by atoms with Gasteiger partial charge in [0, 0.05) is 17.5 Å². The van der Waals surface area contributed by atoms with E-state index in [0.717, 1.165) is 0 Å². The number of benzene rings is 2. The van der Waals surface area contributed by atoms with E-state index in [1.54, 1.807) is 30.3 Å². The van der Waals surface area contributed by atoms with Gasteiger partial charge in [0.2, 0.25) is 0 Å². The highest BCUT2D eigenvalue weighted by molar-refractivity contribution is 5.82. The van der Waals surface area contributed by atoms with Crippen LogP contribution in [0.15, 0.2) is 36.4 Å². The summed E-state index contributed by atoms with van der Waals surface area (Å²) in [5, 5.41) is 20.0. The molecule has 0 saturated heterocycles. The Labute approximate surface area is 132 Å². The Bertz CT molecular complexity index is 755. The predicted octanol–water partition coefficient (Wildman–Crippen LogP) is 1.82. The number of hydrogen-bond acceptors (Lipinski definition) is 6. The Kier molecular flexibility index (Phi) is 3.83. The summed E-state index contributed by atoms with van der Waals surface area (Å²) in [7, 11) is 2.95. The van der Waals surface area contributed by atoms with E-state index in [1.807, 2.05) is 0 Å². The summed E-state index contributed by atoms with van der Waals surface area (Å²) in [6.45, 7) is 0. The normalized spacial score (nSPS) is 19.7. The Balaban J connectivity index is 2.13. The second-order valence-electron chi connectivity index (χ2n) is 5.18. The van der Waals surface area contributed by atoms with Crippen molar-refractivity contribution in [3.05, 3.63) is 47.5 Å². The minimum Gasteiger partial charge on any atom is -0.504 e. The zero-order chi connectivity index (χ0) is 16.6. The van der Waals surface area contributed by atoms with Crippen LogP contribution in [0.4, 0.5) is 0 Å². The van der Waals surface area contributed by atoms with Crippen molar-refractivity contribution < 1.29 is 29.2 Å². The maximum absolute atomic E-state index is 12.0.